The van der Waals surface area contributed by atoms with Crippen molar-refractivity contribution in [3.63, 3.8) is 0 Å². The van der Waals surface area contributed by atoms with Crippen LogP contribution in [-0.4, -0.2) is 17.5 Å². The molecule has 13 heavy (non-hydrogen) atoms. The summed E-state index contributed by atoms with van der Waals surface area (Å²) in [4.78, 5) is 0. The van der Waals surface area contributed by atoms with E-state index in [1.165, 1.54) is 25.7 Å². The van der Waals surface area contributed by atoms with Crippen LogP contribution in [0.1, 0.15) is 46.5 Å². The van der Waals surface area contributed by atoms with E-state index in [2.05, 4.69) is 26.1 Å². The summed E-state index contributed by atoms with van der Waals surface area (Å²) in [6.07, 6.45) is 5.14. The molecule has 1 nitrogen and oxygen atoms in total. The van der Waals surface area contributed by atoms with Gasteiger partial charge in [0.1, 0.15) is 0 Å². The van der Waals surface area contributed by atoms with Crippen molar-refractivity contribution in [3.05, 3.63) is 0 Å². The molecule has 0 bridgehead atoms. The van der Waals surface area contributed by atoms with Gasteiger partial charge < -0.3 is 5.32 Å². The first-order valence-corrected chi connectivity index (χ1v) is 5.95. The van der Waals surface area contributed by atoms with Crippen LogP contribution in [0, 0.1) is 5.92 Å². The Balaban J connectivity index is 2.50. The Hall–Kier alpha value is 0.250. The Bertz CT molecular complexity index is 148. The molecule has 0 amide bonds. The van der Waals surface area contributed by atoms with Crippen molar-refractivity contribution >= 4 is 11.6 Å². The first kappa shape index (κ1) is 11.3. The molecule has 0 saturated heterocycles. The van der Waals surface area contributed by atoms with E-state index in [0.717, 1.165) is 11.8 Å². The highest BCUT2D eigenvalue weighted by Gasteiger charge is 2.33. The summed E-state index contributed by atoms with van der Waals surface area (Å²) in [6, 6.07) is 0.548. The Kier molecular flexibility index (Phi) is 4.06. The number of alkyl halides is 1. The Morgan fingerprint density at radius 2 is 1.92 bits per heavy atom. The molecule has 1 rings (SSSR count). The van der Waals surface area contributed by atoms with Crippen LogP contribution in [0.25, 0.3) is 0 Å². The van der Waals surface area contributed by atoms with Gasteiger partial charge in [-0.2, -0.15) is 0 Å². The van der Waals surface area contributed by atoms with E-state index < -0.39 is 0 Å². The predicted molar refractivity (Wildman–Crippen MR) is 59.4 cm³/mol. The van der Waals surface area contributed by atoms with Gasteiger partial charge in [0.2, 0.25) is 0 Å². The molecule has 0 heterocycles. The zero-order valence-corrected chi connectivity index (χ0v) is 9.82. The van der Waals surface area contributed by atoms with Crippen molar-refractivity contribution in [1.29, 1.82) is 0 Å². The fraction of sp³-hybridized carbons (Fsp3) is 1.00. The van der Waals surface area contributed by atoms with Gasteiger partial charge in [-0.1, -0.05) is 20.8 Å². The van der Waals surface area contributed by atoms with Crippen molar-refractivity contribution in [2.24, 2.45) is 5.92 Å². The van der Waals surface area contributed by atoms with Gasteiger partial charge in [-0.25, -0.2) is 0 Å². The van der Waals surface area contributed by atoms with E-state index in [9.17, 15) is 0 Å². The summed E-state index contributed by atoms with van der Waals surface area (Å²) in [5.41, 5.74) is 0.238. The molecule has 1 fully saturated rings. The highest BCUT2D eigenvalue weighted by atomic mass is 35.5. The van der Waals surface area contributed by atoms with Crippen LogP contribution < -0.4 is 5.32 Å². The fourth-order valence-electron chi connectivity index (χ4n) is 2.24. The van der Waals surface area contributed by atoms with Gasteiger partial charge in [-0.05, 0) is 31.6 Å². The highest BCUT2D eigenvalue weighted by molar-refractivity contribution is 6.18. The maximum atomic E-state index is 6.07. The molecule has 0 aromatic rings. The average molecular weight is 204 g/mol. The normalized spacial score (nSPS) is 35.3. The van der Waals surface area contributed by atoms with E-state index >= 15 is 0 Å². The van der Waals surface area contributed by atoms with E-state index in [1.54, 1.807) is 0 Å². The molecule has 78 valence electrons. The minimum Gasteiger partial charge on any atom is -0.308 e. The second kappa shape index (κ2) is 4.65. The molecule has 0 radical (unpaired) electrons. The van der Waals surface area contributed by atoms with Gasteiger partial charge in [0.25, 0.3) is 0 Å². The van der Waals surface area contributed by atoms with Crippen molar-refractivity contribution < 1.29 is 0 Å². The van der Waals surface area contributed by atoms with Gasteiger partial charge in [-0.3, -0.25) is 0 Å². The van der Waals surface area contributed by atoms with Gasteiger partial charge >= 0.3 is 0 Å². The summed E-state index contributed by atoms with van der Waals surface area (Å²) < 4.78 is 0. The Labute approximate surface area is 87.2 Å². The average Bonchev–Trinajstić information content (AvgIpc) is 2.09. The SMILES string of the molecule is CC1CCC(CCl)(NC(C)C)CC1. The lowest BCUT2D eigenvalue weighted by Gasteiger charge is -2.40. The van der Waals surface area contributed by atoms with Crippen LogP contribution in [0.2, 0.25) is 0 Å². The lowest BCUT2D eigenvalue weighted by atomic mass is 9.78. The van der Waals surface area contributed by atoms with Crippen molar-refractivity contribution in [2.45, 2.75) is 58.0 Å². The standard InChI is InChI=1S/C11H22ClN/c1-9(2)13-11(8-12)6-4-10(3)5-7-11/h9-10,13H,4-8H2,1-3H3. The Morgan fingerprint density at radius 3 is 2.31 bits per heavy atom. The molecule has 1 aliphatic rings. The number of hydrogen-bond donors (Lipinski definition) is 1. The monoisotopic (exact) mass is 203 g/mol. The molecule has 0 spiro atoms. The largest absolute Gasteiger partial charge is 0.308 e. The van der Waals surface area contributed by atoms with Crippen LogP contribution in [-0.2, 0) is 0 Å². The number of hydrogen-bond acceptors (Lipinski definition) is 1. The molecule has 2 heteroatoms. The third-order valence-electron chi connectivity index (χ3n) is 3.08. The van der Waals surface area contributed by atoms with E-state index in [1.807, 2.05) is 0 Å². The molecule has 1 N–H and O–H groups in total. The van der Waals surface area contributed by atoms with Gasteiger partial charge in [0.05, 0.1) is 0 Å². The second-order valence-electron chi connectivity index (χ2n) is 4.90. The quantitative estimate of drug-likeness (QED) is 0.695. The van der Waals surface area contributed by atoms with E-state index in [4.69, 9.17) is 11.6 Å². The molecule has 0 atom stereocenters. The summed E-state index contributed by atoms with van der Waals surface area (Å²) >= 11 is 6.07. The lowest BCUT2D eigenvalue weighted by molar-refractivity contribution is 0.205. The minimum absolute atomic E-state index is 0.238. The molecule has 0 unspecified atom stereocenters. The zero-order valence-electron chi connectivity index (χ0n) is 9.07. The predicted octanol–water partition coefficient (Wildman–Crippen LogP) is 3.17. The fourth-order valence-corrected chi connectivity index (χ4v) is 2.59. The van der Waals surface area contributed by atoms with Crippen LogP contribution in [0.4, 0.5) is 0 Å². The molecule has 0 aromatic carbocycles. The van der Waals surface area contributed by atoms with Gasteiger partial charge in [0, 0.05) is 17.5 Å². The number of rotatable bonds is 3. The first-order chi connectivity index (χ1) is 6.08. The van der Waals surface area contributed by atoms with Crippen molar-refractivity contribution in [3.8, 4) is 0 Å². The summed E-state index contributed by atoms with van der Waals surface area (Å²) in [5.74, 6) is 1.66. The zero-order chi connectivity index (χ0) is 9.90. The van der Waals surface area contributed by atoms with Crippen LogP contribution in [0.3, 0.4) is 0 Å². The van der Waals surface area contributed by atoms with Crippen LogP contribution in [0.5, 0.6) is 0 Å². The molecular weight excluding hydrogens is 182 g/mol. The molecule has 1 saturated carbocycles. The van der Waals surface area contributed by atoms with Crippen LogP contribution >= 0.6 is 11.6 Å². The molecule has 0 aliphatic heterocycles. The third-order valence-corrected chi connectivity index (χ3v) is 3.59. The topological polar surface area (TPSA) is 12.0 Å². The second-order valence-corrected chi connectivity index (χ2v) is 5.16. The maximum absolute atomic E-state index is 6.07. The molecular formula is C11H22ClN. The van der Waals surface area contributed by atoms with Gasteiger partial charge in [0.15, 0.2) is 0 Å². The smallest absolute Gasteiger partial charge is 0.0406 e. The summed E-state index contributed by atoms with van der Waals surface area (Å²) in [7, 11) is 0. The van der Waals surface area contributed by atoms with Crippen LogP contribution in [0.15, 0.2) is 0 Å². The number of halogens is 1. The number of nitrogens with one attached hydrogen (secondary N) is 1. The van der Waals surface area contributed by atoms with E-state index in [-0.39, 0.29) is 5.54 Å². The molecule has 0 aromatic heterocycles. The Morgan fingerprint density at radius 1 is 1.38 bits per heavy atom. The molecule has 1 aliphatic carbocycles. The summed E-state index contributed by atoms with van der Waals surface area (Å²) in [5, 5.41) is 3.63. The minimum atomic E-state index is 0.238. The van der Waals surface area contributed by atoms with Gasteiger partial charge in [-0.15, -0.1) is 11.6 Å². The highest BCUT2D eigenvalue weighted by Crippen LogP contribution is 2.33. The van der Waals surface area contributed by atoms with E-state index in [0.29, 0.717) is 6.04 Å². The third kappa shape index (κ3) is 3.14. The maximum Gasteiger partial charge on any atom is 0.0406 e. The van der Waals surface area contributed by atoms with Crippen molar-refractivity contribution in [1.82, 2.24) is 5.32 Å². The first-order valence-electron chi connectivity index (χ1n) is 5.42. The summed E-state index contributed by atoms with van der Waals surface area (Å²) in [6.45, 7) is 6.74. The van der Waals surface area contributed by atoms with Crippen molar-refractivity contribution in [2.75, 3.05) is 5.88 Å². The lowest BCUT2D eigenvalue weighted by Crippen LogP contribution is -2.52.